The maximum Gasteiger partial charge on any atom is 0.318 e. The van der Waals surface area contributed by atoms with Gasteiger partial charge in [0.1, 0.15) is 6.04 Å². The van der Waals surface area contributed by atoms with E-state index < -0.39 is 27.3 Å². The number of urea groups is 1. The number of rotatable bonds is 4. The Bertz CT molecular complexity index is 1130. The first-order valence-corrected chi connectivity index (χ1v) is 14.7. The van der Waals surface area contributed by atoms with Crippen LogP contribution < -0.4 is 16.0 Å². The van der Waals surface area contributed by atoms with Crippen molar-refractivity contribution < 1.29 is 27.5 Å². The number of ether oxygens (including phenoxy) is 1. The van der Waals surface area contributed by atoms with Gasteiger partial charge >= 0.3 is 6.03 Å². The summed E-state index contributed by atoms with van der Waals surface area (Å²) >= 11 is 0. The minimum atomic E-state index is -3.11. The van der Waals surface area contributed by atoms with Crippen LogP contribution in [0.15, 0.2) is 18.2 Å². The summed E-state index contributed by atoms with van der Waals surface area (Å²) < 4.78 is 29.0. The molecule has 1 aliphatic carbocycles. The van der Waals surface area contributed by atoms with Crippen LogP contribution in [0.2, 0.25) is 0 Å². The SMILES string of the molecule is O=C(Nc1ccc2c(c1)NC(=O)C21CCOCC1)[C@@H](NC(=O)N1CCS(=O)(=O)CC1)C1CCCCC1. The van der Waals surface area contributed by atoms with Crippen LogP contribution in [-0.2, 0) is 29.6 Å². The van der Waals surface area contributed by atoms with Crippen LogP contribution in [0.5, 0.6) is 0 Å². The lowest BCUT2D eigenvalue weighted by Crippen LogP contribution is -2.55. The highest BCUT2D eigenvalue weighted by Crippen LogP contribution is 2.45. The topological polar surface area (TPSA) is 134 Å². The molecular formula is C25H34N4O6S. The van der Waals surface area contributed by atoms with Gasteiger partial charge in [-0.3, -0.25) is 9.59 Å². The monoisotopic (exact) mass is 518 g/mol. The van der Waals surface area contributed by atoms with E-state index in [2.05, 4.69) is 16.0 Å². The van der Waals surface area contributed by atoms with Crippen molar-refractivity contribution in [2.24, 2.45) is 5.92 Å². The van der Waals surface area contributed by atoms with Gasteiger partial charge in [-0.15, -0.1) is 0 Å². The molecule has 3 heterocycles. The van der Waals surface area contributed by atoms with Gasteiger partial charge in [0.2, 0.25) is 11.8 Å². The third-order valence-corrected chi connectivity index (χ3v) is 9.76. The summed E-state index contributed by atoms with van der Waals surface area (Å²) in [7, 11) is -3.11. The van der Waals surface area contributed by atoms with Crippen molar-refractivity contribution >= 4 is 39.1 Å². The van der Waals surface area contributed by atoms with Gasteiger partial charge in [-0.25, -0.2) is 13.2 Å². The summed E-state index contributed by atoms with van der Waals surface area (Å²) in [6, 6.07) is 4.37. The van der Waals surface area contributed by atoms with Crippen LogP contribution in [-0.4, -0.2) is 75.0 Å². The van der Waals surface area contributed by atoms with Gasteiger partial charge in [0.05, 0.1) is 16.9 Å². The minimum absolute atomic E-state index is 0.0101. The third-order valence-electron chi connectivity index (χ3n) is 8.15. The van der Waals surface area contributed by atoms with Gasteiger partial charge < -0.3 is 25.6 Å². The van der Waals surface area contributed by atoms with Crippen LogP contribution in [0.25, 0.3) is 0 Å². The number of carbonyl (C=O) groups is 3. The molecule has 0 aromatic heterocycles. The molecule has 1 aromatic rings. The highest BCUT2D eigenvalue weighted by atomic mass is 32.2. The van der Waals surface area contributed by atoms with E-state index in [-0.39, 0.29) is 42.3 Å². The Morgan fingerprint density at radius 3 is 2.47 bits per heavy atom. The number of nitrogens with one attached hydrogen (secondary N) is 3. The number of benzene rings is 1. The lowest BCUT2D eigenvalue weighted by Gasteiger charge is -2.33. The molecule has 3 aliphatic heterocycles. The molecular weight excluding hydrogens is 484 g/mol. The van der Waals surface area contributed by atoms with E-state index in [0.29, 0.717) is 37.4 Å². The summed E-state index contributed by atoms with van der Waals surface area (Å²) in [5.41, 5.74) is 1.62. The molecule has 11 heteroatoms. The minimum Gasteiger partial charge on any atom is -0.381 e. The van der Waals surface area contributed by atoms with Crippen molar-refractivity contribution in [2.45, 2.75) is 56.4 Å². The molecule has 0 unspecified atom stereocenters. The largest absolute Gasteiger partial charge is 0.381 e. The standard InChI is InChI=1S/C25H34N4O6S/c30-22(26-18-6-7-19-20(16-18)27-23(31)25(19)8-12-35-13-9-25)21(17-4-2-1-3-5-17)28-24(32)29-10-14-36(33,34)15-11-29/h6-7,16-17,21H,1-5,8-15H2,(H,26,30)(H,27,31)(H,28,32)/t21-/m0/s1. The summed E-state index contributed by atoms with van der Waals surface area (Å²) in [6.07, 6.45) is 6.07. The molecule has 2 saturated heterocycles. The number of fused-ring (bicyclic) bond motifs is 2. The second-order valence-corrected chi connectivity index (χ2v) is 12.7. The first-order chi connectivity index (χ1) is 17.3. The molecule has 36 heavy (non-hydrogen) atoms. The molecule has 0 radical (unpaired) electrons. The van der Waals surface area contributed by atoms with Crippen molar-refractivity contribution in [1.82, 2.24) is 10.2 Å². The van der Waals surface area contributed by atoms with Crippen molar-refractivity contribution in [3.8, 4) is 0 Å². The first kappa shape index (κ1) is 25.0. The zero-order valence-corrected chi connectivity index (χ0v) is 21.2. The fourth-order valence-electron chi connectivity index (χ4n) is 5.95. The number of nitrogens with zero attached hydrogens (tertiary/aromatic N) is 1. The van der Waals surface area contributed by atoms with E-state index in [1.807, 2.05) is 12.1 Å². The number of anilines is 2. The van der Waals surface area contributed by atoms with Crippen LogP contribution in [0.4, 0.5) is 16.2 Å². The van der Waals surface area contributed by atoms with Crippen molar-refractivity contribution in [3.63, 3.8) is 0 Å². The Kier molecular flexibility index (Phi) is 6.95. The van der Waals surface area contributed by atoms with Gasteiger partial charge in [-0.1, -0.05) is 25.3 Å². The van der Waals surface area contributed by atoms with Crippen LogP contribution >= 0.6 is 0 Å². The van der Waals surface area contributed by atoms with Crippen LogP contribution in [0, 0.1) is 5.92 Å². The molecule has 1 spiro atoms. The summed E-state index contributed by atoms with van der Waals surface area (Å²) in [5, 5.41) is 8.83. The predicted molar refractivity (Wildman–Crippen MR) is 135 cm³/mol. The Morgan fingerprint density at radius 2 is 1.78 bits per heavy atom. The van der Waals surface area contributed by atoms with Crippen LogP contribution in [0.1, 0.15) is 50.5 Å². The molecule has 10 nitrogen and oxygen atoms in total. The molecule has 4 amide bonds. The Labute approximate surface area is 211 Å². The lowest BCUT2D eigenvalue weighted by atomic mass is 9.75. The lowest BCUT2D eigenvalue weighted by molar-refractivity contribution is -0.124. The summed E-state index contributed by atoms with van der Waals surface area (Å²) in [4.78, 5) is 40.7. The van der Waals surface area contributed by atoms with E-state index >= 15 is 0 Å². The summed E-state index contributed by atoms with van der Waals surface area (Å²) in [6.45, 7) is 1.34. The van der Waals surface area contributed by atoms with E-state index in [1.165, 1.54) is 4.90 Å². The Morgan fingerprint density at radius 1 is 1.08 bits per heavy atom. The van der Waals surface area contributed by atoms with Gasteiger partial charge in [0.15, 0.2) is 9.84 Å². The molecule has 3 fully saturated rings. The second-order valence-electron chi connectivity index (χ2n) is 10.4. The maximum absolute atomic E-state index is 13.4. The van der Waals surface area contributed by atoms with Gasteiger partial charge in [-0.05, 0) is 49.3 Å². The molecule has 3 N–H and O–H groups in total. The van der Waals surface area contributed by atoms with E-state index in [1.54, 1.807) is 6.07 Å². The predicted octanol–water partition coefficient (Wildman–Crippen LogP) is 2.01. The molecule has 5 rings (SSSR count). The van der Waals surface area contributed by atoms with E-state index in [0.717, 1.165) is 37.7 Å². The quantitative estimate of drug-likeness (QED) is 0.558. The molecule has 4 aliphatic rings. The maximum atomic E-state index is 13.4. The fraction of sp³-hybridized carbons (Fsp3) is 0.640. The second kappa shape index (κ2) is 10.0. The first-order valence-electron chi connectivity index (χ1n) is 12.9. The van der Waals surface area contributed by atoms with Crippen molar-refractivity contribution in [2.75, 3.05) is 48.4 Å². The molecule has 1 atom stereocenters. The highest BCUT2D eigenvalue weighted by Gasteiger charge is 2.47. The number of carbonyl (C=O) groups excluding carboxylic acids is 3. The van der Waals surface area contributed by atoms with Crippen LogP contribution in [0.3, 0.4) is 0 Å². The third kappa shape index (κ3) is 4.95. The number of hydrogen-bond acceptors (Lipinski definition) is 6. The average Bonchev–Trinajstić information content (AvgIpc) is 3.13. The highest BCUT2D eigenvalue weighted by molar-refractivity contribution is 7.91. The smallest absolute Gasteiger partial charge is 0.318 e. The Balaban J connectivity index is 1.30. The van der Waals surface area contributed by atoms with Crippen molar-refractivity contribution in [3.05, 3.63) is 23.8 Å². The Hall–Kier alpha value is -2.66. The number of sulfone groups is 1. The number of amides is 4. The molecule has 1 aromatic carbocycles. The van der Waals surface area contributed by atoms with E-state index in [4.69, 9.17) is 4.74 Å². The number of hydrogen-bond donors (Lipinski definition) is 3. The van der Waals surface area contributed by atoms with Gasteiger partial charge in [-0.2, -0.15) is 0 Å². The molecule has 196 valence electrons. The molecule has 1 saturated carbocycles. The average molecular weight is 519 g/mol. The van der Waals surface area contributed by atoms with Gasteiger partial charge in [0.25, 0.3) is 0 Å². The van der Waals surface area contributed by atoms with Crippen molar-refractivity contribution in [1.29, 1.82) is 0 Å². The zero-order valence-electron chi connectivity index (χ0n) is 20.4. The van der Waals surface area contributed by atoms with Gasteiger partial charge in [0, 0.05) is 37.7 Å². The zero-order chi connectivity index (χ0) is 25.3. The normalized spacial score (nSPS) is 24.0. The van der Waals surface area contributed by atoms with E-state index in [9.17, 15) is 22.8 Å². The fourth-order valence-corrected chi connectivity index (χ4v) is 7.15. The summed E-state index contributed by atoms with van der Waals surface area (Å²) in [5.74, 6) is -0.439. The molecule has 0 bridgehead atoms.